The van der Waals surface area contributed by atoms with Gasteiger partial charge in [-0.2, -0.15) is 0 Å². The molecule has 0 radical (unpaired) electrons. The van der Waals surface area contributed by atoms with E-state index < -0.39 is 18.9 Å². The summed E-state index contributed by atoms with van der Waals surface area (Å²) in [6.45, 7) is 6.49. The van der Waals surface area contributed by atoms with E-state index in [1.54, 1.807) is 0 Å². The van der Waals surface area contributed by atoms with Crippen molar-refractivity contribution in [1.29, 1.82) is 0 Å². The Kier molecular flexibility index (Phi) is 5.88. The van der Waals surface area contributed by atoms with Crippen LogP contribution in [0.5, 0.6) is 0 Å². The Morgan fingerprint density at radius 2 is 1.54 bits per heavy atom. The van der Waals surface area contributed by atoms with E-state index in [4.69, 9.17) is 28.1 Å². The normalized spacial score (nSPS) is 19.9. The molecule has 0 aliphatic heterocycles. The fourth-order valence-corrected chi connectivity index (χ4v) is 1.70. The summed E-state index contributed by atoms with van der Waals surface area (Å²) in [5.41, 5.74) is -2.21. The minimum absolute atomic E-state index is 1.11. The van der Waals surface area contributed by atoms with Crippen molar-refractivity contribution in [3.05, 3.63) is 25.3 Å². The Hall–Kier alpha value is 0.170. The van der Waals surface area contributed by atoms with Gasteiger partial charge in [-0.15, -0.1) is 0 Å². The van der Waals surface area contributed by atoms with Crippen LogP contribution in [0.15, 0.2) is 25.3 Å². The van der Waals surface area contributed by atoms with Gasteiger partial charge in [-0.1, -0.05) is 36.4 Å². The van der Waals surface area contributed by atoms with E-state index in [0.717, 1.165) is 12.2 Å². The highest BCUT2D eigenvalue weighted by Crippen LogP contribution is 2.47. The molecule has 0 rings (SSSR count). The molecule has 0 amide bonds. The molecule has 0 bridgehead atoms. The van der Waals surface area contributed by atoms with Gasteiger partial charge in [-0.05, 0) is 12.2 Å². The maximum Gasteiger partial charge on any atom is 0.475 e. The minimum Gasteiger partial charge on any atom is -0.302 e. The second-order valence-electron chi connectivity index (χ2n) is 1.85. The molecule has 2 atom stereocenters. The zero-order chi connectivity index (χ0) is 10.5. The first-order chi connectivity index (χ1) is 5.91. The lowest BCUT2D eigenvalue weighted by Crippen LogP contribution is -2.05. The van der Waals surface area contributed by atoms with Crippen molar-refractivity contribution in [1.82, 2.24) is 0 Å². The molecular formula is C6H9Cl2O4P. The van der Waals surface area contributed by atoms with Crippen LogP contribution in [0, 0.1) is 0 Å². The third kappa shape index (κ3) is 6.27. The molecule has 2 unspecified atom stereocenters. The Morgan fingerprint density at radius 3 is 1.77 bits per heavy atom. The van der Waals surface area contributed by atoms with Crippen LogP contribution in [0.4, 0.5) is 0 Å². The number of alkyl halides is 2. The Labute approximate surface area is 86.4 Å². The number of hydrogen-bond donors (Lipinski definition) is 1. The van der Waals surface area contributed by atoms with Gasteiger partial charge in [-0.3, -0.25) is 9.05 Å². The largest absolute Gasteiger partial charge is 0.475 e. The van der Waals surface area contributed by atoms with E-state index in [0.29, 0.717) is 0 Å². The quantitative estimate of drug-likeness (QED) is 0.445. The van der Waals surface area contributed by atoms with Crippen LogP contribution in [0.25, 0.3) is 0 Å². The van der Waals surface area contributed by atoms with Crippen molar-refractivity contribution in [2.75, 3.05) is 0 Å². The van der Waals surface area contributed by atoms with Crippen LogP contribution in [0.2, 0.25) is 0 Å². The van der Waals surface area contributed by atoms with Gasteiger partial charge in [-0.25, -0.2) is 4.57 Å². The molecule has 0 saturated carbocycles. The van der Waals surface area contributed by atoms with Crippen molar-refractivity contribution in [2.45, 2.75) is 11.1 Å². The first kappa shape index (κ1) is 13.2. The van der Waals surface area contributed by atoms with Crippen molar-refractivity contribution in [2.24, 2.45) is 0 Å². The molecule has 7 heteroatoms. The van der Waals surface area contributed by atoms with Gasteiger partial charge in [0.25, 0.3) is 0 Å². The van der Waals surface area contributed by atoms with E-state index in [1.165, 1.54) is 0 Å². The second kappa shape index (κ2) is 5.81. The molecule has 4 nitrogen and oxygen atoms in total. The number of rotatable bonds is 6. The van der Waals surface area contributed by atoms with E-state index >= 15 is 0 Å². The lowest BCUT2D eigenvalue weighted by molar-refractivity contribution is 0.151. The Morgan fingerprint density at radius 1 is 1.23 bits per heavy atom. The smallest absolute Gasteiger partial charge is 0.302 e. The molecule has 0 aromatic rings. The predicted octanol–water partition coefficient (Wildman–Crippen LogP) is 2.62. The molecule has 76 valence electrons. The molecule has 0 aliphatic carbocycles. The predicted molar refractivity (Wildman–Crippen MR) is 51.7 cm³/mol. The molecule has 0 fully saturated rings. The number of phosphoric acid groups is 1. The molecule has 0 spiro atoms. The average molecular weight is 247 g/mol. The van der Waals surface area contributed by atoms with E-state index in [2.05, 4.69) is 22.2 Å². The summed E-state index contributed by atoms with van der Waals surface area (Å²) in [4.78, 5) is 8.96. The van der Waals surface area contributed by atoms with Crippen LogP contribution >= 0.6 is 31.0 Å². The van der Waals surface area contributed by atoms with Crippen LogP contribution in [-0.2, 0) is 13.6 Å². The summed E-state index contributed by atoms with van der Waals surface area (Å²) < 4.78 is 19.7. The van der Waals surface area contributed by atoms with E-state index in [9.17, 15) is 4.57 Å². The number of phosphoric ester groups is 1. The van der Waals surface area contributed by atoms with E-state index in [1.807, 2.05) is 0 Å². The van der Waals surface area contributed by atoms with E-state index in [-0.39, 0.29) is 0 Å². The Bertz CT molecular complexity index is 213. The summed E-state index contributed by atoms with van der Waals surface area (Å²) in [5.74, 6) is 0. The highest BCUT2D eigenvalue weighted by atomic mass is 35.5. The molecular weight excluding hydrogens is 238 g/mol. The molecule has 0 saturated heterocycles. The maximum atomic E-state index is 11.0. The maximum absolute atomic E-state index is 11.0. The van der Waals surface area contributed by atoms with Crippen molar-refractivity contribution >= 4 is 31.0 Å². The zero-order valence-corrected chi connectivity index (χ0v) is 9.01. The van der Waals surface area contributed by atoms with Gasteiger partial charge in [0.05, 0.1) is 0 Å². The molecule has 0 aromatic heterocycles. The summed E-state index contributed by atoms with van der Waals surface area (Å²) in [5, 5.41) is 0. The van der Waals surface area contributed by atoms with Crippen LogP contribution in [0.1, 0.15) is 0 Å². The Balaban J connectivity index is 4.15. The van der Waals surface area contributed by atoms with Crippen molar-refractivity contribution in [3.63, 3.8) is 0 Å². The number of hydrogen-bond acceptors (Lipinski definition) is 3. The van der Waals surface area contributed by atoms with Gasteiger partial charge < -0.3 is 4.89 Å². The van der Waals surface area contributed by atoms with Crippen molar-refractivity contribution in [3.8, 4) is 0 Å². The van der Waals surface area contributed by atoms with Crippen LogP contribution in [0.3, 0.4) is 0 Å². The third-order valence-corrected chi connectivity index (χ3v) is 2.61. The highest BCUT2D eigenvalue weighted by molar-refractivity contribution is 7.47. The second-order valence-corrected chi connectivity index (χ2v) is 4.07. The average Bonchev–Trinajstić information content (AvgIpc) is 2.02. The first-order valence-electron chi connectivity index (χ1n) is 3.14. The molecule has 1 N–H and O–H groups in total. The minimum atomic E-state index is -4.24. The summed E-state index contributed by atoms with van der Waals surface area (Å²) in [6, 6.07) is 0. The van der Waals surface area contributed by atoms with Crippen LogP contribution < -0.4 is 0 Å². The van der Waals surface area contributed by atoms with Gasteiger partial charge >= 0.3 is 7.82 Å². The summed E-state index contributed by atoms with van der Waals surface area (Å²) >= 11 is 10.7. The SMILES string of the molecule is C=CC(Cl)OP(=O)(O)OC(Cl)C=C. The van der Waals surface area contributed by atoms with Gasteiger partial charge in [0.15, 0.2) is 11.1 Å². The van der Waals surface area contributed by atoms with Gasteiger partial charge in [0, 0.05) is 0 Å². The summed E-state index contributed by atoms with van der Waals surface area (Å²) in [6.07, 6.45) is 2.26. The van der Waals surface area contributed by atoms with Gasteiger partial charge in [0.2, 0.25) is 0 Å². The number of halogens is 2. The lowest BCUT2D eigenvalue weighted by atomic mass is 10.7. The van der Waals surface area contributed by atoms with Gasteiger partial charge in [0.1, 0.15) is 0 Å². The standard InChI is InChI=1S/C6H9Cl2O4P/c1-3-5(7)11-13(9,10)12-6(8)4-2/h3-6H,1-2H2,(H,9,10). The topological polar surface area (TPSA) is 55.8 Å². The first-order valence-corrected chi connectivity index (χ1v) is 5.51. The summed E-state index contributed by atoms with van der Waals surface area (Å²) in [7, 11) is -4.24. The fraction of sp³-hybridized carbons (Fsp3) is 0.333. The monoisotopic (exact) mass is 246 g/mol. The molecule has 0 aromatic carbocycles. The highest BCUT2D eigenvalue weighted by Gasteiger charge is 2.26. The fourth-order valence-electron chi connectivity index (χ4n) is 0.365. The lowest BCUT2D eigenvalue weighted by Gasteiger charge is -2.14. The molecule has 13 heavy (non-hydrogen) atoms. The molecule has 0 heterocycles. The zero-order valence-electron chi connectivity index (χ0n) is 6.60. The third-order valence-electron chi connectivity index (χ3n) is 0.838. The van der Waals surface area contributed by atoms with Crippen molar-refractivity contribution < 1.29 is 18.5 Å². The molecule has 0 aliphatic rings. The van der Waals surface area contributed by atoms with Crippen LogP contribution in [-0.4, -0.2) is 16.0 Å².